The Hall–Kier alpha value is -2.56. The van der Waals surface area contributed by atoms with Gasteiger partial charge in [-0.25, -0.2) is 4.39 Å². The van der Waals surface area contributed by atoms with Crippen LogP contribution < -0.4 is 9.64 Å². The number of aryl methyl sites for hydroxylation is 1. The zero-order valence-electron chi connectivity index (χ0n) is 17.0. The Morgan fingerprint density at radius 2 is 2.07 bits per heavy atom. The number of hydrogen-bond acceptors (Lipinski definition) is 4. The van der Waals surface area contributed by atoms with E-state index in [1.165, 1.54) is 30.2 Å². The molecule has 1 aliphatic heterocycles. The van der Waals surface area contributed by atoms with Crippen molar-refractivity contribution in [3.63, 3.8) is 0 Å². The third kappa shape index (κ3) is 4.89. The molecule has 0 atom stereocenters. The summed E-state index contributed by atoms with van der Waals surface area (Å²) in [6.45, 7) is 4.74. The highest BCUT2D eigenvalue weighted by atomic mass is 19.1. The van der Waals surface area contributed by atoms with Gasteiger partial charge in [-0.3, -0.25) is 4.79 Å². The van der Waals surface area contributed by atoms with E-state index in [1.807, 2.05) is 0 Å². The van der Waals surface area contributed by atoms with Gasteiger partial charge in [0.15, 0.2) is 0 Å². The molecule has 5 heteroatoms. The third-order valence-corrected chi connectivity index (χ3v) is 5.67. The van der Waals surface area contributed by atoms with E-state index in [0.717, 1.165) is 31.0 Å². The SMILES string of the molecule is CCOC(=O)CCc1ccc(OCc2cccc3c2N(CC2CC2)CC3)cc1F. The van der Waals surface area contributed by atoms with Crippen LogP contribution in [-0.4, -0.2) is 25.7 Å². The predicted molar refractivity (Wildman–Crippen MR) is 111 cm³/mol. The standard InChI is InChI=1S/C24H28FNO3/c1-2-28-23(27)11-9-18-8-10-21(14-22(18)25)29-16-20-5-3-4-19-12-13-26(24(19)20)15-17-6-7-17/h3-5,8,10,14,17H,2,6-7,9,11-13,15-16H2,1H3. The van der Waals surface area contributed by atoms with Crippen LogP contribution in [0, 0.1) is 11.7 Å². The van der Waals surface area contributed by atoms with Crippen LogP contribution in [0.1, 0.15) is 42.9 Å². The molecular weight excluding hydrogens is 369 g/mol. The summed E-state index contributed by atoms with van der Waals surface area (Å²) in [4.78, 5) is 14.0. The van der Waals surface area contributed by atoms with Crippen molar-refractivity contribution in [2.24, 2.45) is 5.92 Å². The van der Waals surface area contributed by atoms with Gasteiger partial charge in [0.05, 0.1) is 6.61 Å². The van der Waals surface area contributed by atoms with E-state index in [-0.39, 0.29) is 18.2 Å². The lowest BCUT2D eigenvalue weighted by Crippen LogP contribution is -2.24. The van der Waals surface area contributed by atoms with E-state index in [1.54, 1.807) is 19.1 Å². The molecule has 2 aliphatic rings. The fraction of sp³-hybridized carbons (Fsp3) is 0.458. The maximum absolute atomic E-state index is 14.4. The van der Waals surface area contributed by atoms with Gasteiger partial charge in [-0.2, -0.15) is 0 Å². The fourth-order valence-electron chi connectivity index (χ4n) is 3.98. The maximum Gasteiger partial charge on any atom is 0.306 e. The van der Waals surface area contributed by atoms with Crippen molar-refractivity contribution >= 4 is 11.7 Å². The van der Waals surface area contributed by atoms with Gasteiger partial charge in [-0.05, 0) is 55.7 Å². The van der Waals surface area contributed by atoms with Gasteiger partial charge in [-0.15, -0.1) is 0 Å². The average molecular weight is 397 g/mol. The van der Waals surface area contributed by atoms with Crippen LogP contribution in [-0.2, 0) is 29.0 Å². The number of ether oxygens (including phenoxy) is 2. The molecule has 4 nitrogen and oxygen atoms in total. The minimum Gasteiger partial charge on any atom is -0.489 e. The van der Waals surface area contributed by atoms with Crippen molar-refractivity contribution in [1.82, 2.24) is 0 Å². The highest BCUT2D eigenvalue weighted by molar-refractivity contribution is 5.69. The lowest BCUT2D eigenvalue weighted by molar-refractivity contribution is -0.143. The van der Waals surface area contributed by atoms with Crippen LogP contribution in [0.2, 0.25) is 0 Å². The van der Waals surface area contributed by atoms with Gasteiger partial charge in [0.25, 0.3) is 0 Å². The average Bonchev–Trinajstić information content (AvgIpc) is 3.44. The van der Waals surface area contributed by atoms with Crippen LogP contribution in [0.4, 0.5) is 10.1 Å². The van der Waals surface area contributed by atoms with Gasteiger partial charge in [0.2, 0.25) is 0 Å². The van der Waals surface area contributed by atoms with Gasteiger partial charge >= 0.3 is 5.97 Å². The second-order valence-corrected chi connectivity index (χ2v) is 7.91. The summed E-state index contributed by atoms with van der Waals surface area (Å²) in [5, 5.41) is 0. The Morgan fingerprint density at radius 3 is 2.83 bits per heavy atom. The van der Waals surface area contributed by atoms with Crippen LogP contribution in [0.5, 0.6) is 5.75 Å². The molecular formula is C24H28FNO3. The summed E-state index contributed by atoms with van der Waals surface area (Å²) < 4.78 is 25.2. The quantitative estimate of drug-likeness (QED) is 0.576. The summed E-state index contributed by atoms with van der Waals surface area (Å²) in [7, 11) is 0. The first-order chi connectivity index (χ1) is 14.1. The number of rotatable bonds is 9. The Kier molecular flexibility index (Phi) is 6.02. The van der Waals surface area contributed by atoms with Gasteiger partial charge in [-0.1, -0.05) is 24.3 Å². The predicted octanol–water partition coefficient (Wildman–Crippen LogP) is 4.67. The van der Waals surface area contributed by atoms with Crippen LogP contribution >= 0.6 is 0 Å². The Balaban J connectivity index is 1.39. The monoisotopic (exact) mass is 397 g/mol. The zero-order chi connectivity index (χ0) is 20.2. The molecule has 0 unspecified atom stereocenters. The van der Waals surface area contributed by atoms with E-state index in [2.05, 4.69) is 23.1 Å². The molecule has 0 bridgehead atoms. The zero-order valence-corrected chi connectivity index (χ0v) is 17.0. The molecule has 1 saturated carbocycles. The molecule has 0 aromatic heterocycles. The maximum atomic E-state index is 14.4. The van der Waals surface area contributed by atoms with Gasteiger partial charge in [0, 0.05) is 36.8 Å². The summed E-state index contributed by atoms with van der Waals surface area (Å²) in [5.41, 5.74) is 4.35. The van der Waals surface area contributed by atoms with Crippen LogP contribution in [0.15, 0.2) is 36.4 Å². The van der Waals surface area contributed by atoms with E-state index in [4.69, 9.17) is 9.47 Å². The molecule has 1 heterocycles. The molecule has 0 N–H and O–H groups in total. The van der Waals surface area contributed by atoms with Crippen LogP contribution in [0.25, 0.3) is 0 Å². The highest BCUT2D eigenvalue weighted by Gasteiger charge is 2.29. The molecule has 1 aliphatic carbocycles. The molecule has 29 heavy (non-hydrogen) atoms. The Labute approximate surface area is 171 Å². The van der Waals surface area contributed by atoms with E-state index in [9.17, 15) is 9.18 Å². The molecule has 2 aromatic carbocycles. The Morgan fingerprint density at radius 1 is 1.21 bits per heavy atom. The Bertz CT molecular complexity index is 878. The second-order valence-electron chi connectivity index (χ2n) is 7.91. The number of halogens is 1. The minimum absolute atomic E-state index is 0.179. The largest absolute Gasteiger partial charge is 0.489 e. The number of anilines is 1. The van der Waals surface area contributed by atoms with Gasteiger partial charge in [0.1, 0.15) is 18.2 Å². The fourth-order valence-corrected chi connectivity index (χ4v) is 3.98. The number of carbonyl (C=O) groups is 1. The molecule has 0 spiro atoms. The molecule has 0 radical (unpaired) electrons. The minimum atomic E-state index is -0.347. The number of para-hydroxylation sites is 1. The number of esters is 1. The molecule has 0 saturated heterocycles. The third-order valence-electron chi connectivity index (χ3n) is 5.67. The number of benzene rings is 2. The van der Waals surface area contributed by atoms with Crippen LogP contribution in [0.3, 0.4) is 0 Å². The number of hydrogen-bond donors (Lipinski definition) is 0. The first-order valence-corrected chi connectivity index (χ1v) is 10.6. The van der Waals surface area contributed by atoms with E-state index >= 15 is 0 Å². The summed E-state index contributed by atoms with van der Waals surface area (Å²) >= 11 is 0. The van der Waals surface area contributed by atoms with Gasteiger partial charge < -0.3 is 14.4 Å². The highest BCUT2D eigenvalue weighted by Crippen LogP contribution is 2.37. The smallest absolute Gasteiger partial charge is 0.306 e. The molecule has 0 amide bonds. The van der Waals surface area contributed by atoms with E-state index < -0.39 is 0 Å². The van der Waals surface area contributed by atoms with Crippen molar-refractivity contribution in [3.8, 4) is 5.75 Å². The van der Waals surface area contributed by atoms with E-state index in [0.29, 0.717) is 30.9 Å². The summed E-state index contributed by atoms with van der Waals surface area (Å²) in [6, 6.07) is 11.3. The normalized spacial score (nSPS) is 15.3. The van der Waals surface area contributed by atoms with Crippen molar-refractivity contribution in [1.29, 1.82) is 0 Å². The van der Waals surface area contributed by atoms with Crippen molar-refractivity contribution in [2.75, 3.05) is 24.6 Å². The number of fused-ring (bicyclic) bond motifs is 1. The summed E-state index contributed by atoms with van der Waals surface area (Å²) in [6.07, 6.45) is 4.27. The first-order valence-electron chi connectivity index (χ1n) is 10.6. The molecule has 154 valence electrons. The van der Waals surface area contributed by atoms with Crippen molar-refractivity contribution < 1.29 is 18.7 Å². The lowest BCUT2D eigenvalue weighted by Gasteiger charge is -2.22. The number of carbonyl (C=O) groups excluding carboxylic acids is 1. The van der Waals surface area contributed by atoms with Crippen molar-refractivity contribution in [2.45, 2.75) is 45.6 Å². The summed E-state index contributed by atoms with van der Waals surface area (Å²) in [5.74, 6) is 0.694. The second kappa shape index (κ2) is 8.85. The van der Waals surface area contributed by atoms with Crippen molar-refractivity contribution in [3.05, 3.63) is 58.9 Å². The molecule has 2 aromatic rings. The topological polar surface area (TPSA) is 38.8 Å². The first kappa shape index (κ1) is 19.7. The molecule has 1 fully saturated rings. The number of nitrogens with zero attached hydrogens (tertiary/aromatic N) is 1. The molecule has 4 rings (SSSR count). The lowest BCUT2D eigenvalue weighted by atomic mass is 10.1.